The predicted molar refractivity (Wildman–Crippen MR) is 92.6 cm³/mol. The maximum atomic E-state index is 12.7. The van der Waals surface area contributed by atoms with Crippen LogP contribution in [0.2, 0.25) is 0 Å². The van der Waals surface area contributed by atoms with Gasteiger partial charge in [0, 0.05) is 24.5 Å². The van der Waals surface area contributed by atoms with Crippen molar-refractivity contribution >= 4 is 5.91 Å². The predicted octanol–water partition coefficient (Wildman–Crippen LogP) is 1.67. The van der Waals surface area contributed by atoms with Gasteiger partial charge in [-0.1, -0.05) is 18.2 Å². The summed E-state index contributed by atoms with van der Waals surface area (Å²) in [6, 6.07) is 10.9. The molecule has 1 unspecified atom stereocenters. The largest absolute Gasteiger partial charge is 0.490 e. The van der Waals surface area contributed by atoms with Crippen molar-refractivity contribution in [1.82, 2.24) is 9.88 Å². The summed E-state index contributed by atoms with van der Waals surface area (Å²) in [5.74, 6) is 0.564. The highest BCUT2D eigenvalue weighted by Gasteiger charge is 2.35. The number of hydrogen-bond acceptors (Lipinski definition) is 5. The molecule has 2 heterocycles. The molecular weight excluding hydrogens is 320 g/mol. The zero-order chi connectivity index (χ0) is 17.7. The Bertz CT molecular complexity index is 722. The molecule has 2 aromatic rings. The molecule has 0 bridgehead atoms. The van der Waals surface area contributed by atoms with E-state index in [2.05, 4.69) is 4.98 Å². The number of carbonyl (C=O) groups excluding carboxylic acids is 1. The van der Waals surface area contributed by atoms with Gasteiger partial charge in [0.15, 0.2) is 0 Å². The lowest BCUT2D eigenvalue weighted by atomic mass is 10.1. The fourth-order valence-corrected chi connectivity index (χ4v) is 2.79. The Morgan fingerprint density at radius 1 is 1.32 bits per heavy atom. The highest BCUT2D eigenvalue weighted by atomic mass is 16.5. The van der Waals surface area contributed by atoms with Crippen LogP contribution in [-0.2, 0) is 4.74 Å². The summed E-state index contributed by atoms with van der Waals surface area (Å²) in [5, 5.41) is 10.9. The summed E-state index contributed by atoms with van der Waals surface area (Å²) in [6.45, 7) is 3.08. The number of nitrogens with zero attached hydrogens (tertiary/aromatic N) is 2. The average Bonchev–Trinajstić information content (AvgIpc) is 2.83. The Balaban J connectivity index is 1.70. The first kappa shape index (κ1) is 17.4. The van der Waals surface area contributed by atoms with E-state index in [4.69, 9.17) is 9.47 Å². The number of carbonyl (C=O) groups is 1. The van der Waals surface area contributed by atoms with Gasteiger partial charge in [-0.05, 0) is 30.7 Å². The van der Waals surface area contributed by atoms with Gasteiger partial charge >= 0.3 is 0 Å². The fourth-order valence-electron chi connectivity index (χ4n) is 2.79. The number of aryl methyl sites for hydroxylation is 1. The molecule has 1 amide bonds. The third-order valence-electron chi connectivity index (χ3n) is 4.17. The second kappa shape index (κ2) is 7.63. The average molecular weight is 342 g/mol. The molecule has 1 aliphatic heterocycles. The Kier molecular flexibility index (Phi) is 5.31. The van der Waals surface area contributed by atoms with Crippen molar-refractivity contribution in [2.24, 2.45) is 0 Å². The lowest BCUT2D eigenvalue weighted by Gasteiger charge is -2.30. The van der Waals surface area contributed by atoms with Gasteiger partial charge in [0.1, 0.15) is 18.0 Å². The molecule has 1 aromatic carbocycles. The van der Waals surface area contributed by atoms with E-state index in [9.17, 15) is 9.90 Å². The molecule has 1 aromatic heterocycles. The van der Waals surface area contributed by atoms with Gasteiger partial charge in [0.25, 0.3) is 5.91 Å². The molecule has 6 nitrogen and oxygen atoms in total. The summed E-state index contributed by atoms with van der Waals surface area (Å²) in [5.41, 5.74) is 0.269. The molecule has 1 fully saturated rings. The van der Waals surface area contributed by atoms with E-state index in [1.807, 2.05) is 31.2 Å². The van der Waals surface area contributed by atoms with E-state index in [1.54, 1.807) is 29.4 Å². The molecule has 6 heteroatoms. The van der Waals surface area contributed by atoms with Crippen molar-refractivity contribution in [2.75, 3.05) is 32.9 Å². The summed E-state index contributed by atoms with van der Waals surface area (Å²) < 4.78 is 11.3. The van der Waals surface area contributed by atoms with Crippen LogP contribution >= 0.6 is 0 Å². The molecule has 132 valence electrons. The second-order valence-corrected chi connectivity index (χ2v) is 6.29. The highest BCUT2D eigenvalue weighted by Crippen LogP contribution is 2.20. The van der Waals surface area contributed by atoms with E-state index in [-0.39, 0.29) is 25.7 Å². The first-order valence-corrected chi connectivity index (χ1v) is 8.25. The fraction of sp³-hybridized carbons (Fsp3) is 0.368. The van der Waals surface area contributed by atoms with Crippen molar-refractivity contribution < 1.29 is 19.4 Å². The van der Waals surface area contributed by atoms with Crippen molar-refractivity contribution in [1.29, 1.82) is 0 Å². The van der Waals surface area contributed by atoms with Crippen LogP contribution in [0.5, 0.6) is 5.75 Å². The molecule has 1 saturated heterocycles. The van der Waals surface area contributed by atoms with E-state index < -0.39 is 5.60 Å². The summed E-state index contributed by atoms with van der Waals surface area (Å²) in [6.07, 6.45) is 3.16. The van der Waals surface area contributed by atoms with Gasteiger partial charge < -0.3 is 19.5 Å². The summed E-state index contributed by atoms with van der Waals surface area (Å²) in [7, 11) is 0. The number of benzene rings is 1. The Labute approximate surface area is 147 Å². The number of para-hydroxylation sites is 1. The molecule has 25 heavy (non-hydrogen) atoms. The first-order chi connectivity index (χ1) is 12.1. The van der Waals surface area contributed by atoms with Gasteiger partial charge in [-0.3, -0.25) is 9.78 Å². The maximum absolute atomic E-state index is 12.7. The minimum absolute atomic E-state index is 0.0536. The number of rotatable bonds is 4. The zero-order valence-electron chi connectivity index (χ0n) is 14.2. The van der Waals surface area contributed by atoms with Gasteiger partial charge in [-0.2, -0.15) is 0 Å². The topological polar surface area (TPSA) is 71.9 Å². The number of ether oxygens (including phenoxy) is 2. The molecule has 0 saturated carbocycles. The minimum atomic E-state index is -1.26. The van der Waals surface area contributed by atoms with Crippen molar-refractivity contribution in [3.8, 4) is 5.75 Å². The van der Waals surface area contributed by atoms with E-state index in [0.29, 0.717) is 24.5 Å². The number of aromatic nitrogens is 1. The Morgan fingerprint density at radius 2 is 2.08 bits per heavy atom. The standard InChI is InChI=1S/C19H22N2O4/c1-15-4-2-3-5-17(15)25-14-19(23)12-21(10-11-24-13-19)18(22)16-6-8-20-9-7-16/h2-9,23H,10-14H2,1H3. The summed E-state index contributed by atoms with van der Waals surface area (Å²) in [4.78, 5) is 18.2. The first-order valence-electron chi connectivity index (χ1n) is 8.25. The van der Waals surface area contributed by atoms with Crippen molar-refractivity contribution in [3.63, 3.8) is 0 Å². The lowest BCUT2D eigenvalue weighted by molar-refractivity contribution is -0.0622. The van der Waals surface area contributed by atoms with E-state index >= 15 is 0 Å². The van der Waals surface area contributed by atoms with Crippen LogP contribution in [0.1, 0.15) is 15.9 Å². The van der Waals surface area contributed by atoms with Crippen molar-refractivity contribution in [2.45, 2.75) is 12.5 Å². The van der Waals surface area contributed by atoms with Crippen LogP contribution in [0.25, 0.3) is 0 Å². The maximum Gasteiger partial charge on any atom is 0.254 e. The van der Waals surface area contributed by atoms with Crippen LogP contribution in [0.15, 0.2) is 48.8 Å². The van der Waals surface area contributed by atoms with Crippen molar-refractivity contribution in [3.05, 3.63) is 59.9 Å². The molecule has 0 radical (unpaired) electrons. The van der Waals surface area contributed by atoms with Crippen LogP contribution < -0.4 is 4.74 Å². The number of aliphatic hydroxyl groups is 1. The van der Waals surface area contributed by atoms with Crippen LogP contribution in [0.4, 0.5) is 0 Å². The molecule has 1 N–H and O–H groups in total. The monoisotopic (exact) mass is 342 g/mol. The quantitative estimate of drug-likeness (QED) is 0.915. The smallest absolute Gasteiger partial charge is 0.254 e. The number of amides is 1. The van der Waals surface area contributed by atoms with Crippen LogP contribution in [0, 0.1) is 6.92 Å². The third-order valence-corrected chi connectivity index (χ3v) is 4.17. The molecule has 0 aliphatic carbocycles. The van der Waals surface area contributed by atoms with Crippen LogP contribution in [-0.4, -0.2) is 59.4 Å². The number of hydrogen-bond donors (Lipinski definition) is 1. The summed E-state index contributed by atoms with van der Waals surface area (Å²) >= 11 is 0. The highest BCUT2D eigenvalue weighted by molar-refractivity contribution is 5.94. The van der Waals surface area contributed by atoms with E-state index in [1.165, 1.54) is 0 Å². The van der Waals surface area contributed by atoms with Gasteiger partial charge in [-0.25, -0.2) is 0 Å². The SMILES string of the molecule is Cc1ccccc1OCC1(O)COCCN(C(=O)c2ccncc2)C1. The molecule has 1 aliphatic rings. The minimum Gasteiger partial charge on any atom is -0.490 e. The van der Waals surface area contributed by atoms with E-state index in [0.717, 1.165) is 5.56 Å². The third kappa shape index (κ3) is 4.35. The zero-order valence-corrected chi connectivity index (χ0v) is 14.2. The van der Waals surface area contributed by atoms with Gasteiger partial charge in [0.05, 0.1) is 19.8 Å². The lowest BCUT2D eigenvalue weighted by Crippen LogP contribution is -2.50. The Morgan fingerprint density at radius 3 is 2.84 bits per heavy atom. The second-order valence-electron chi connectivity index (χ2n) is 6.29. The normalized spacial score (nSPS) is 20.8. The molecule has 0 spiro atoms. The Hall–Kier alpha value is -2.44. The number of β-amino-alcohol motifs (C(OH)–C–C–N with tert-alkyl or cyclic N) is 1. The van der Waals surface area contributed by atoms with Gasteiger partial charge in [-0.15, -0.1) is 0 Å². The van der Waals surface area contributed by atoms with Gasteiger partial charge in [0.2, 0.25) is 0 Å². The molecule has 1 atom stereocenters. The number of pyridine rings is 1. The van der Waals surface area contributed by atoms with Crippen LogP contribution in [0.3, 0.4) is 0 Å². The molecular formula is C19H22N2O4. The molecule has 3 rings (SSSR count).